The average molecular weight is 399 g/mol. The van der Waals surface area contributed by atoms with Gasteiger partial charge in [-0.3, -0.25) is 14.9 Å². The molecule has 30 heavy (non-hydrogen) atoms. The number of aromatic nitrogens is 3. The van der Waals surface area contributed by atoms with Crippen molar-refractivity contribution in [3.05, 3.63) is 78.2 Å². The third kappa shape index (κ3) is 4.23. The molecule has 0 fully saturated rings. The van der Waals surface area contributed by atoms with E-state index in [1.54, 1.807) is 18.0 Å². The summed E-state index contributed by atoms with van der Waals surface area (Å²) in [6, 6.07) is 18.0. The van der Waals surface area contributed by atoms with Crippen LogP contribution in [0.1, 0.15) is 18.2 Å². The van der Waals surface area contributed by atoms with Crippen LogP contribution in [-0.2, 0) is 11.2 Å². The Morgan fingerprint density at radius 3 is 2.67 bits per heavy atom. The van der Waals surface area contributed by atoms with Crippen LogP contribution in [-0.4, -0.2) is 33.7 Å². The number of nitrogens with zero attached hydrogens (tertiary/aromatic N) is 3. The molecular weight excluding hydrogens is 374 g/mol. The number of anilines is 1. The third-order valence-corrected chi connectivity index (χ3v) is 5.26. The molecule has 4 rings (SSSR count). The molecule has 3 N–H and O–H groups in total. The number of hydrogen-bond acceptors (Lipinski definition) is 4. The van der Waals surface area contributed by atoms with Crippen molar-refractivity contribution in [2.24, 2.45) is 5.73 Å². The summed E-state index contributed by atoms with van der Waals surface area (Å²) in [5, 5.41) is 8.35. The number of fused-ring (bicyclic) bond motifs is 1. The van der Waals surface area contributed by atoms with Gasteiger partial charge >= 0.3 is 0 Å². The first-order valence-electron chi connectivity index (χ1n) is 9.99. The van der Waals surface area contributed by atoms with Crippen LogP contribution >= 0.6 is 0 Å². The van der Waals surface area contributed by atoms with Gasteiger partial charge in [0.1, 0.15) is 0 Å². The fourth-order valence-electron chi connectivity index (χ4n) is 3.69. The summed E-state index contributed by atoms with van der Waals surface area (Å²) in [4.78, 5) is 18.5. The third-order valence-electron chi connectivity index (χ3n) is 5.26. The minimum Gasteiger partial charge on any atom is -0.326 e. The maximum atomic E-state index is 12.4. The molecule has 6 heteroatoms. The molecule has 2 aromatic carbocycles. The normalized spacial score (nSPS) is 12.1. The van der Waals surface area contributed by atoms with Gasteiger partial charge in [-0.2, -0.15) is 5.10 Å². The average Bonchev–Trinajstić information content (AvgIpc) is 3.13. The molecule has 0 aliphatic heterocycles. The molecule has 0 bridgehead atoms. The van der Waals surface area contributed by atoms with E-state index in [1.165, 1.54) is 0 Å². The Morgan fingerprint density at radius 2 is 1.90 bits per heavy atom. The van der Waals surface area contributed by atoms with E-state index in [1.807, 2.05) is 61.7 Å². The Balaban J connectivity index is 1.59. The predicted molar refractivity (Wildman–Crippen MR) is 120 cm³/mol. The van der Waals surface area contributed by atoms with Gasteiger partial charge in [-0.15, -0.1) is 0 Å². The molecular formula is C24H25N5O. The standard InChI is InChI=1S/C24H25N5O/c1-16-23-12-19(8-9-24(23)28-27-16)20-11-22(14-26-13-20)29(17(2)30)15-21(25)10-18-6-4-3-5-7-18/h3-9,11-14,21H,10,15,25H2,1-2H3,(H,27,28)/t21-/m0/s1. The van der Waals surface area contributed by atoms with Crippen LogP contribution in [0.4, 0.5) is 5.69 Å². The second-order valence-corrected chi connectivity index (χ2v) is 7.58. The first-order chi connectivity index (χ1) is 14.5. The first-order valence-corrected chi connectivity index (χ1v) is 9.99. The Morgan fingerprint density at radius 1 is 1.10 bits per heavy atom. The Bertz CT molecular complexity index is 1170. The quantitative estimate of drug-likeness (QED) is 0.515. The number of amides is 1. The molecule has 0 radical (unpaired) electrons. The number of aromatic amines is 1. The Labute approximate surface area is 175 Å². The highest BCUT2D eigenvalue weighted by atomic mass is 16.2. The number of rotatable bonds is 6. The summed E-state index contributed by atoms with van der Waals surface area (Å²) in [6.45, 7) is 3.96. The molecule has 0 aliphatic rings. The van der Waals surface area contributed by atoms with Gasteiger partial charge in [0, 0.05) is 36.7 Å². The summed E-state index contributed by atoms with van der Waals surface area (Å²) in [6.07, 6.45) is 4.22. The van der Waals surface area contributed by atoms with Crippen LogP contribution < -0.4 is 10.6 Å². The monoisotopic (exact) mass is 399 g/mol. The molecule has 1 amide bonds. The van der Waals surface area contributed by atoms with Crippen molar-refractivity contribution in [2.75, 3.05) is 11.4 Å². The van der Waals surface area contributed by atoms with E-state index in [2.05, 4.69) is 21.2 Å². The van der Waals surface area contributed by atoms with Crippen molar-refractivity contribution in [3.63, 3.8) is 0 Å². The number of aryl methyl sites for hydroxylation is 1. The molecule has 152 valence electrons. The lowest BCUT2D eigenvalue weighted by molar-refractivity contribution is -0.116. The number of nitrogens with two attached hydrogens (primary N) is 1. The summed E-state index contributed by atoms with van der Waals surface area (Å²) in [5.74, 6) is -0.0569. The topological polar surface area (TPSA) is 87.9 Å². The molecule has 1 atom stereocenters. The highest BCUT2D eigenvalue weighted by Crippen LogP contribution is 2.27. The van der Waals surface area contributed by atoms with Crippen LogP contribution in [0.5, 0.6) is 0 Å². The fourth-order valence-corrected chi connectivity index (χ4v) is 3.69. The first kappa shape index (κ1) is 19.8. The van der Waals surface area contributed by atoms with Gasteiger partial charge < -0.3 is 10.6 Å². The fraction of sp³-hybridized carbons (Fsp3) is 0.208. The van der Waals surface area contributed by atoms with Crippen LogP contribution in [0.15, 0.2) is 67.0 Å². The van der Waals surface area contributed by atoms with Gasteiger partial charge in [-0.1, -0.05) is 36.4 Å². The van der Waals surface area contributed by atoms with Crippen LogP contribution in [0, 0.1) is 6.92 Å². The van der Waals surface area contributed by atoms with Crippen LogP contribution in [0.2, 0.25) is 0 Å². The van der Waals surface area contributed by atoms with E-state index in [0.29, 0.717) is 13.0 Å². The van der Waals surface area contributed by atoms with Gasteiger partial charge in [0.05, 0.1) is 23.1 Å². The van der Waals surface area contributed by atoms with Crippen molar-refractivity contribution >= 4 is 22.5 Å². The molecule has 0 unspecified atom stereocenters. The van der Waals surface area contributed by atoms with Crippen LogP contribution in [0.3, 0.4) is 0 Å². The number of carbonyl (C=O) groups is 1. The van der Waals surface area contributed by atoms with Crippen molar-refractivity contribution < 1.29 is 4.79 Å². The van der Waals surface area contributed by atoms with E-state index in [9.17, 15) is 4.79 Å². The van der Waals surface area contributed by atoms with E-state index in [-0.39, 0.29) is 11.9 Å². The number of hydrogen-bond donors (Lipinski definition) is 2. The van der Waals surface area contributed by atoms with Gasteiger partial charge in [0.25, 0.3) is 0 Å². The second kappa shape index (κ2) is 8.47. The van der Waals surface area contributed by atoms with E-state index in [0.717, 1.165) is 39.0 Å². The van der Waals surface area contributed by atoms with Crippen molar-refractivity contribution in [1.29, 1.82) is 0 Å². The lowest BCUT2D eigenvalue weighted by atomic mass is 10.0. The summed E-state index contributed by atoms with van der Waals surface area (Å²) >= 11 is 0. The van der Waals surface area contributed by atoms with Gasteiger partial charge in [0.15, 0.2) is 0 Å². The van der Waals surface area contributed by atoms with Gasteiger partial charge in [0.2, 0.25) is 5.91 Å². The van der Waals surface area contributed by atoms with Crippen molar-refractivity contribution in [3.8, 4) is 11.1 Å². The molecule has 6 nitrogen and oxygen atoms in total. The molecule has 0 saturated heterocycles. The highest BCUT2D eigenvalue weighted by Gasteiger charge is 2.17. The molecule has 0 spiro atoms. The van der Waals surface area contributed by atoms with Crippen molar-refractivity contribution in [2.45, 2.75) is 26.3 Å². The molecule has 2 heterocycles. The number of benzene rings is 2. The Hall–Kier alpha value is -3.51. The van der Waals surface area contributed by atoms with Gasteiger partial charge in [-0.05, 0) is 42.7 Å². The molecule has 0 saturated carbocycles. The lowest BCUT2D eigenvalue weighted by Crippen LogP contribution is -2.41. The number of H-pyrrole nitrogens is 1. The van der Waals surface area contributed by atoms with Gasteiger partial charge in [-0.25, -0.2) is 0 Å². The minimum atomic E-state index is -0.176. The van der Waals surface area contributed by atoms with E-state index < -0.39 is 0 Å². The number of carbonyl (C=O) groups excluding carboxylic acids is 1. The minimum absolute atomic E-state index is 0.0569. The van der Waals surface area contributed by atoms with E-state index >= 15 is 0 Å². The summed E-state index contributed by atoms with van der Waals surface area (Å²) < 4.78 is 0. The van der Waals surface area contributed by atoms with Crippen LogP contribution in [0.25, 0.3) is 22.0 Å². The summed E-state index contributed by atoms with van der Waals surface area (Å²) in [7, 11) is 0. The van der Waals surface area contributed by atoms with E-state index in [4.69, 9.17) is 5.73 Å². The SMILES string of the molecule is CC(=O)N(C[C@@H](N)Cc1ccccc1)c1cncc(-c2ccc3[nH]nc(C)c3c2)c1. The largest absolute Gasteiger partial charge is 0.326 e. The number of pyridine rings is 1. The zero-order chi connectivity index (χ0) is 21.1. The number of nitrogens with one attached hydrogen (secondary N) is 1. The zero-order valence-electron chi connectivity index (χ0n) is 17.2. The zero-order valence-corrected chi connectivity index (χ0v) is 17.2. The highest BCUT2D eigenvalue weighted by molar-refractivity contribution is 5.92. The predicted octanol–water partition coefficient (Wildman–Crippen LogP) is 3.86. The Kier molecular flexibility index (Phi) is 5.59. The molecule has 4 aromatic rings. The molecule has 0 aliphatic carbocycles. The maximum Gasteiger partial charge on any atom is 0.223 e. The molecule has 2 aromatic heterocycles. The maximum absolute atomic E-state index is 12.4. The summed E-state index contributed by atoms with van der Waals surface area (Å²) in [5.41, 5.74) is 12.2. The van der Waals surface area contributed by atoms with Crippen molar-refractivity contribution in [1.82, 2.24) is 15.2 Å². The lowest BCUT2D eigenvalue weighted by Gasteiger charge is -2.25. The smallest absolute Gasteiger partial charge is 0.223 e. The second-order valence-electron chi connectivity index (χ2n) is 7.58.